The second-order valence-electron chi connectivity index (χ2n) is 5.02. The van der Waals surface area contributed by atoms with Crippen LogP contribution in [0.2, 0.25) is 0 Å². The molecule has 0 bridgehead atoms. The van der Waals surface area contributed by atoms with Crippen molar-refractivity contribution in [1.82, 2.24) is 0 Å². The highest BCUT2D eigenvalue weighted by molar-refractivity contribution is 9.10. The largest absolute Gasteiger partial charge is 0.493 e. The first kappa shape index (κ1) is 19.6. The molecule has 0 aromatic heterocycles. The van der Waals surface area contributed by atoms with E-state index in [4.69, 9.17) is 18.9 Å². The monoisotopic (exact) mass is 423 g/mol. The summed E-state index contributed by atoms with van der Waals surface area (Å²) < 4.78 is 21.4. The SMILES string of the molecule is COc1cc(C(=O)OCC(=O)Nc2ccccc2Br)cc(OC)c1OC. The van der Waals surface area contributed by atoms with Crippen molar-refractivity contribution in [2.24, 2.45) is 0 Å². The van der Waals surface area contributed by atoms with Crippen LogP contribution in [0, 0.1) is 0 Å². The lowest BCUT2D eigenvalue weighted by Crippen LogP contribution is -2.21. The predicted molar refractivity (Wildman–Crippen MR) is 99.2 cm³/mol. The Morgan fingerprint density at radius 2 is 1.62 bits per heavy atom. The van der Waals surface area contributed by atoms with E-state index >= 15 is 0 Å². The lowest BCUT2D eigenvalue weighted by Gasteiger charge is -2.14. The molecule has 0 aliphatic rings. The third-order valence-corrected chi connectivity index (χ3v) is 4.07. The van der Waals surface area contributed by atoms with Crippen molar-refractivity contribution in [1.29, 1.82) is 0 Å². The highest BCUT2D eigenvalue weighted by Crippen LogP contribution is 2.38. The summed E-state index contributed by atoms with van der Waals surface area (Å²) in [6.07, 6.45) is 0. The van der Waals surface area contributed by atoms with Crippen molar-refractivity contribution < 1.29 is 28.5 Å². The zero-order chi connectivity index (χ0) is 19.1. The van der Waals surface area contributed by atoms with Crippen LogP contribution in [0.15, 0.2) is 40.9 Å². The van der Waals surface area contributed by atoms with E-state index in [1.807, 2.05) is 6.07 Å². The fraction of sp³-hybridized carbons (Fsp3) is 0.222. The van der Waals surface area contributed by atoms with E-state index in [-0.39, 0.29) is 5.56 Å². The van der Waals surface area contributed by atoms with Gasteiger partial charge in [0.1, 0.15) is 0 Å². The summed E-state index contributed by atoms with van der Waals surface area (Å²) in [7, 11) is 4.35. The highest BCUT2D eigenvalue weighted by atomic mass is 79.9. The number of anilines is 1. The molecule has 0 aliphatic carbocycles. The Morgan fingerprint density at radius 1 is 1.00 bits per heavy atom. The Hall–Kier alpha value is -2.74. The van der Waals surface area contributed by atoms with Gasteiger partial charge in [-0.1, -0.05) is 12.1 Å². The maximum atomic E-state index is 12.2. The summed E-state index contributed by atoms with van der Waals surface area (Å²) in [4.78, 5) is 24.2. The van der Waals surface area contributed by atoms with E-state index in [1.54, 1.807) is 18.2 Å². The second kappa shape index (κ2) is 9.10. The van der Waals surface area contributed by atoms with Gasteiger partial charge >= 0.3 is 5.97 Å². The molecule has 8 heteroatoms. The summed E-state index contributed by atoms with van der Waals surface area (Å²) in [6.45, 7) is -0.434. The number of hydrogen-bond acceptors (Lipinski definition) is 6. The van der Waals surface area contributed by atoms with E-state index in [1.165, 1.54) is 33.5 Å². The van der Waals surface area contributed by atoms with Gasteiger partial charge in [-0.2, -0.15) is 0 Å². The van der Waals surface area contributed by atoms with Gasteiger partial charge in [0.25, 0.3) is 5.91 Å². The molecule has 0 radical (unpaired) electrons. The maximum Gasteiger partial charge on any atom is 0.338 e. The van der Waals surface area contributed by atoms with Crippen molar-refractivity contribution in [3.05, 3.63) is 46.4 Å². The summed E-state index contributed by atoms with van der Waals surface area (Å²) in [5.74, 6) is -0.157. The number of para-hydroxylation sites is 1. The fourth-order valence-corrected chi connectivity index (χ4v) is 2.55. The highest BCUT2D eigenvalue weighted by Gasteiger charge is 2.18. The van der Waals surface area contributed by atoms with Gasteiger partial charge in [-0.3, -0.25) is 4.79 Å². The number of rotatable bonds is 7. The van der Waals surface area contributed by atoms with Crippen LogP contribution in [-0.2, 0) is 9.53 Å². The Morgan fingerprint density at radius 3 is 2.15 bits per heavy atom. The molecule has 2 rings (SSSR count). The lowest BCUT2D eigenvalue weighted by atomic mass is 10.2. The first-order valence-electron chi connectivity index (χ1n) is 7.51. The van der Waals surface area contributed by atoms with Gasteiger partial charge in [-0.15, -0.1) is 0 Å². The number of ether oxygens (including phenoxy) is 4. The van der Waals surface area contributed by atoms with E-state index in [0.29, 0.717) is 22.9 Å². The van der Waals surface area contributed by atoms with E-state index in [2.05, 4.69) is 21.2 Å². The molecule has 0 heterocycles. The van der Waals surface area contributed by atoms with E-state index < -0.39 is 18.5 Å². The van der Waals surface area contributed by atoms with Gasteiger partial charge in [0.05, 0.1) is 32.6 Å². The molecule has 0 unspecified atom stereocenters. The van der Waals surface area contributed by atoms with Crippen LogP contribution in [0.1, 0.15) is 10.4 Å². The Labute approximate surface area is 159 Å². The van der Waals surface area contributed by atoms with Gasteiger partial charge < -0.3 is 24.3 Å². The topological polar surface area (TPSA) is 83.1 Å². The van der Waals surface area contributed by atoms with Crippen LogP contribution in [-0.4, -0.2) is 39.8 Å². The van der Waals surface area contributed by atoms with Gasteiger partial charge in [0.15, 0.2) is 18.1 Å². The predicted octanol–water partition coefficient (Wildman–Crippen LogP) is 3.27. The standard InChI is InChI=1S/C18H18BrNO6/c1-23-14-8-11(9-15(24-2)17(14)25-3)18(22)26-10-16(21)20-13-7-5-4-6-12(13)19/h4-9H,10H2,1-3H3,(H,20,21). The average Bonchev–Trinajstić information content (AvgIpc) is 2.66. The molecule has 2 aromatic rings. The van der Waals surface area contributed by atoms with Crippen LogP contribution in [0.4, 0.5) is 5.69 Å². The molecule has 138 valence electrons. The number of hydrogen-bond donors (Lipinski definition) is 1. The Kier molecular flexibility index (Phi) is 6.85. The molecule has 2 aromatic carbocycles. The minimum absolute atomic E-state index is 0.174. The number of methoxy groups -OCH3 is 3. The number of halogens is 1. The van der Waals surface area contributed by atoms with Gasteiger partial charge in [0, 0.05) is 4.47 Å². The quantitative estimate of drug-likeness (QED) is 0.688. The average molecular weight is 424 g/mol. The first-order valence-corrected chi connectivity index (χ1v) is 8.31. The van der Waals surface area contributed by atoms with Crippen molar-refractivity contribution in [3.8, 4) is 17.2 Å². The number of nitrogens with one attached hydrogen (secondary N) is 1. The number of carbonyl (C=O) groups excluding carboxylic acids is 2. The third-order valence-electron chi connectivity index (χ3n) is 3.38. The maximum absolute atomic E-state index is 12.2. The van der Waals surface area contributed by atoms with Crippen molar-refractivity contribution in [2.45, 2.75) is 0 Å². The molecule has 0 atom stereocenters. The molecule has 0 saturated heterocycles. The molecule has 1 N–H and O–H groups in total. The van der Waals surface area contributed by atoms with Gasteiger partial charge in [-0.05, 0) is 40.2 Å². The molecule has 7 nitrogen and oxygen atoms in total. The molecular formula is C18H18BrNO6. The van der Waals surface area contributed by atoms with Crippen LogP contribution in [0.5, 0.6) is 17.2 Å². The van der Waals surface area contributed by atoms with Gasteiger partial charge in [-0.25, -0.2) is 4.79 Å². The number of benzene rings is 2. The summed E-state index contributed by atoms with van der Waals surface area (Å²) >= 11 is 3.32. The summed E-state index contributed by atoms with van der Waals surface area (Å²) in [5.41, 5.74) is 0.759. The molecule has 0 fully saturated rings. The minimum Gasteiger partial charge on any atom is -0.493 e. The zero-order valence-electron chi connectivity index (χ0n) is 14.5. The number of carbonyl (C=O) groups is 2. The lowest BCUT2D eigenvalue weighted by molar-refractivity contribution is -0.119. The molecule has 0 spiro atoms. The molecule has 26 heavy (non-hydrogen) atoms. The number of amides is 1. The van der Waals surface area contributed by atoms with Crippen molar-refractivity contribution in [2.75, 3.05) is 33.3 Å². The Bertz CT molecular complexity index is 783. The van der Waals surface area contributed by atoms with E-state index in [9.17, 15) is 9.59 Å². The van der Waals surface area contributed by atoms with E-state index in [0.717, 1.165) is 4.47 Å². The van der Waals surface area contributed by atoms with Crippen LogP contribution in [0.25, 0.3) is 0 Å². The Balaban J connectivity index is 2.05. The van der Waals surface area contributed by atoms with Crippen molar-refractivity contribution in [3.63, 3.8) is 0 Å². The molecular weight excluding hydrogens is 406 g/mol. The minimum atomic E-state index is -0.688. The van der Waals surface area contributed by atoms with Crippen LogP contribution in [0.3, 0.4) is 0 Å². The fourth-order valence-electron chi connectivity index (χ4n) is 2.16. The summed E-state index contributed by atoms with van der Waals surface area (Å²) in [6, 6.07) is 10.0. The second-order valence-corrected chi connectivity index (χ2v) is 5.87. The normalized spacial score (nSPS) is 10.0. The van der Waals surface area contributed by atoms with Gasteiger partial charge in [0.2, 0.25) is 5.75 Å². The zero-order valence-corrected chi connectivity index (χ0v) is 16.1. The third kappa shape index (κ3) is 4.66. The summed E-state index contributed by atoms with van der Waals surface area (Å²) in [5, 5.41) is 2.65. The van der Waals surface area contributed by atoms with Crippen LogP contribution >= 0.6 is 15.9 Å². The van der Waals surface area contributed by atoms with Crippen molar-refractivity contribution >= 4 is 33.5 Å². The number of esters is 1. The molecule has 0 aliphatic heterocycles. The molecule has 0 saturated carbocycles. The molecule has 1 amide bonds. The van der Waals surface area contributed by atoms with Crippen LogP contribution < -0.4 is 19.5 Å². The smallest absolute Gasteiger partial charge is 0.338 e. The first-order chi connectivity index (χ1) is 12.5.